The first-order valence-electron chi connectivity index (χ1n) is 4.87. The monoisotopic (exact) mass is 280 g/mol. The summed E-state index contributed by atoms with van der Waals surface area (Å²) in [6.45, 7) is 0. The lowest BCUT2D eigenvalue weighted by molar-refractivity contribution is -0.384. The van der Waals surface area contributed by atoms with Crippen LogP contribution < -0.4 is 0 Å². The second-order valence-corrected chi connectivity index (χ2v) is 5.03. The Balaban J connectivity index is 0.000000169. The van der Waals surface area contributed by atoms with Gasteiger partial charge in [-0.05, 0) is 23.6 Å². The van der Waals surface area contributed by atoms with Crippen LogP contribution >= 0.6 is 22.7 Å². The van der Waals surface area contributed by atoms with Crippen LogP contribution in [0.1, 0.15) is 0 Å². The molecule has 1 aromatic carbocycles. The second-order valence-electron chi connectivity index (χ2n) is 3.21. The Bertz CT molecular complexity index is 649. The van der Waals surface area contributed by atoms with Gasteiger partial charge in [0, 0.05) is 12.1 Å². The van der Waals surface area contributed by atoms with E-state index in [1.54, 1.807) is 23.7 Å². The molecule has 18 heavy (non-hydrogen) atoms. The quantitative estimate of drug-likeness (QED) is 0.545. The summed E-state index contributed by atoms with van der Waals surface area (Å²) in [7, 11) is 0. The van der Waals surface area contributed by atoms with Crippen molar-refractivity contribution >= 4 is 38.6 Å². The molecule has 0 aliphatic carbocycles. The number of benzene rings is 1. The number of hydrogen-bond donors (Lipinski definition) is 1. The minimum absolute atomic E-state index is 0.0911. The van der Waals surface area contributed by atoms with E-state index in [1.807, 2.05) is 5.38 Å². The molecule has 0 spiro atoms. The van der Waals surface area contributed by atoms with Gasteiger partial charge in [-0.1, -0.05) is 0 Å². The van der Waals surface area contributed by atoms with Crippen molar-refractivity contribution in [3.05, 3.63) is 51.3 Å². The molecule has 0 aliphatic rings. The Morgan fingerprint density at radius 1 is 1.28 bits per heavy atom. The highest BCUT2D eigenvalue weighted by atomic mass is 32.1. The number of nitro benzene ring substituents is 1. The Labute approximate surface area is 110 Å². The molecule has 7 heteroatoms. The van der Waals surface area contributed by atoms with Crippen molar-refractivity contribution in [3.8, 4) is 5.06 Å². The normalized spacial score (nSPS) is 9.78. The number of nitrogens with zero attached hydrogens (tertiary/aromatic N) is 2. The standard InChI is InChI=1S/C7H4N2O2S.C4H4OS/c10-9(11)5-1-2-7-6(3-5)8-4-12-7;5-4-2-1-3-6-4/h1-4H;1-3,5H. The predicted molar refractivity (Wildman–Crippen MR) is 72.3 cm³/mol. The summed E-state index contributed by atoms with van der Waals surface area (Å²) < 4.78 is 0.973. The molecule has 0 atom stereocenters. The van der Waals surface area contributed by atoms with Gasteiger partial charge in [-0.25, -0.2) is 4.98 Å². The first-order valence-corrected chi connectivity index (χ1v) is 6.63. The summed E-state index contributed by atoms with van der Waals surface area (Å²) in [6.07, 6.45) is 0. The van der Waals surface area contributed by atoms with Crippen LogP contribution in [0, 0.1) is 10.1 Å². The first kappa shape index (κ1) is 12.5. The van der Waals surface area contributed by atoms with Crippen LogP contribution in [0.5, 0.6) is 5.06 Å². The second kappa shape index (κ2) is 5.56. The number of aromatic nitrogens is 1. The summed E-state index contributed by atoms with van der Waals surface area (Å²) in [5, 5.41) is 21.1. The molecular weight excluding hydrogens is 272 g/mol. The molecule has 1 N–H and O–H groups in total. The lowest BCUT2D eigenvalue weighted by Crippen LogP contribution is -1.86. The van der Waals surface area contributed by atoms with E-state index in [4.69, 9.17) is 5.11 Å². The summed E-state index contributed by atoms with van der Waals surface area (Å²) in [5.74, 6) is 0. The minimum Gasteiger partial charge on any atom is -0.499 e. The van der Waals surface area contributed by atoms with Crippen molar-refractivity contribution in [2.24, 2.45) is 0 Å². The van der Waals surface area contributed by atoms with Crippen LogP contribution in [-0.2, 0) is 0 Å². The van der Waals surface area contributed by atoms with E-state index in [0.29, 0.717) is 10.6 Å². The average Bonchev–Trinajstić information content (AvgIpc) is 2.99. The third-order valence-electron chi connectivity index (χ3n) is 2.03. The van der Waals surface area contributed by atoms with Crippen LogP contribution in [0.25, 0.3) is 10.2 Å². The fraction of sp³-hybridized carbons (Fsp3) is 0. The van der Waals surface area contributed by atoms with E-state index in [1.165, 1.54) is 34.8 Å². The van der Waals surface area contributed by atoms with Crippen molar-refractivity contribution in [3.63, 3.8) is 0 Å². The van der Waals surface area contributed by atoms with Gasteiger partial charge >= 0.3 is 0 Å². The average molecular weight is 280 g/mol. The van der Waals surface area contributed by atoms with Gasteiger partial charge in [-0.2, -0.15) is 0 Å². The number of hydrogen-bond acceptors (Lipinski definition) is 6. The molecule has 0 amide bonds. The molecule has 2 heterocycles. The van der Waals surface area contributed by atoms with Crippen LogP contribution in [0.15, 0.2) is 41.2 Å². The van der Waals surface area contributed by atoms with E-state index >= 15 is 0 Å². The van der Waals surface area contributed by atoms with E-state index in [2.05, 4.69) is 4.98 Å². The summed E-state index contributed by atoms with van der Waals surface area (Å²) in [5.41, 5.74) is 2.46. The van der Waals surface area contributed by atoms with Gasteiger partial charge in [0.15, 0.2) is 5.06 Å². The van der Waals surface area contributed by atoms with E-state index < -0.39 is 4.92 Å². The third kappa shape index (κ3) is 3.02. The number of nitro groups is 1. The maximum atomic E-state index is 10.3. The van der Waals surface area contributed by atoms with Crippen molar-refractivity contribution in [1.29, 1.82) is 0 Å². The smallest absolute Gasteiger partial charge is 0.271 e. The minimum atomic E-state index is -0.418. The van der Waals surface area contributed by atoms with Crippen molar-refractivity contribution in [2.75, 3.05) is 0 Å². The molecule has 2 aromatic heterocycles. The van der Waals surface area contributed by atoms with Gasteiger partial charge in [-0.15, -0.1) is 22.7 Å². The predicted octanol–water partition coefficient (Wildman–Crippen LogP) is 3.66. The highest BCUT2D eigenvalue weighted by Crippen LogP contribution is 2.22. The number of thiophene rings is 1. The Hall–Kier alpha value is -1.99. The van der Waals surface area contributed by atoms with Crippen LogP contribution in [0.3, 0.4) is 0 Å². The molecule has 0 saturated carbocycles. The summed E-state index contributed by atoms with van der Waals surface area (Å²) in [6, 6.07) is 8.14. The van der Waals surface area contributed by atoms with Gasteiger partial charge in [0.2, 0.25) is 0 Å². The SMILES string of the molecule is O=[N+]([O-])c1ccc2scnc2c1.Oc1cccs1. The number of non-ortho nitro benzene ring substituents is 1. The molecule has 5 nitrogen and oxygen atoms in total. The van der Waals surface area contributed by atoms with Gasteiger partial charge in [0.1, 0.15) is 0 Å². The molecule has 0 radical (unpaired) electrons. The summed E-state index contributed by atoms with van der Waals surface area (Å²) in [4.78, 5) is 13.9. The van der Waals surface area contributed by atoms with E-state index in [0.717, 1.165) is 4.70 Å². The molecule has 3 rings (SSSR count). The van der Waals surface area contributed by atoms with Crippen molar-refractivity contribution in [2.45, 2.75) is 0 Å². The highest BCUT2D eigenvalue weighted by molar-refractivity contribution is 7.16. The molecule has 0 fully saturated rings. The molecule has 92 valence electrons. The zero-order valence-corrected chi connectivity index (χ0v) is 10.6. The van der Waals surface area contributed by atoms with Crippen LogP contribution in [0.4, 0.5) is 5.69 Å². The number of fused-ring (bicyclic) bond motifs is 1. The highest BCUT2D eigenvalue weighted by Gasteiger charge is 2.06. The molecule has 0 bridgehead atoms. The van der Waals surface area contributed by atoms with E-state index in [-0.39, 0.29) is 5.69 Å². The van der Waals surface area contributed by atoms with Crippen LogP contribution in [0.2, 0.25) is 0 Å². The Kier molecular flexibility index (Phi) is 3.85. The molecule has 0 saturated heterocycles. The summed E-state index contributed by atoms with van der Waals surface area (Å²) >= 11 is 2.81. The lowest BCUT2D eigenvalue weighted by atomic mass is 10.3. The first-order chi connectivity index (χ1) is 8.66. The Morgan fingerprint density at radius 3 is 2.67 bits per heavy atom. The molecule has 0 aliphatic heterocycles. The van der Waals surface area contributed by atoms with Gasteiger partial charge in [0.05, 0.1) is 20.7 Å². The number of thiazole rings is 1. The molecule has 0 unspecified atom stereocenters. The number of rotatable bonds is 1. The van der Waals surface area contributed by atoms with E-state index in [9.17, 15) is 10.1 Å². The zero-order valence-electron chi connectivity index (χ0n) is 9.02. The maximum Gasteiger partial charge on any atom is 0.271 e. The Morgan fingerprint density at radius 2 is 2.11 bits per heavy atom. The zero-order chi connectivity index (χ0) is 13.0. The van der Waals surface area contributed by atoms with Crippen molar-refractivity contribution < 1.29 is 10.0 Å². The third-order valence-corrected chi connectivity index (χ3v) is 3.51. The van der Waals surface area contributed by atoms with Crippen molar-refractivity contribution in [1.82, 2.24) is 4.98 Å². The fourth-order valence-electron chi connectivity index (χ4n) is 1.23. The lowest BCUT2D eigenvalue weighted by Gasteiger charge is -1.89. The van der Waals surface area contributed by atoms with Gasteiger partial charge in [-0.3, -0.25) is 10.1 Å². The fourth-order valence-corrected chi connectivity index (χ4v) is 2.34. The number of aromatic hydroxyl groups is 1. The van der Waals surface area contributed by atoms with Gasteiger partial charge < -0.3 is 5.11 Å². The van der Waals surface area contributed by atoms with Crippen LogP contribution in [-0.4, -0.2) is 15.0 Å². The largest absolute Gasteiger partial charge is 0.499 e. The molecular formula is C11H8N2O3S2. The van der Waals surface area contributed by atoms with Gasteiger partial charge in [0.25, 0.3) is 5.69 Å². The molecule has 3 aromatic rings. The topological polar surface area (TPSA) is 76.3 Å². The maximum absolute atomic E-state index is 10.3.